The van der Waals surface area contributed by atoms with Crippen LogP contribution in [0.4, 0.5) is 17.2 Å². The maximum Gasteiger partial charge on any atom is 0.263 e. The molecule has 25 heavy (non-hydrogen) atoms. The minimum absolute atomic E-state index is 0.0991. The van der Waals surface area contributed by atoms with Gasteiger partial charge in [-0.05, 0) is 19.1 Å². The number of hydrogen-bond donors (Lipinski definition) is 0. The summed E-state index contributed by atoms with van der Waals surface area (Å²) in [5.74, 6) is 1.17. The Morgan fingerprint density at radius 1 is 0.960 bits per heavy atom. The zero-order valence-corrected chi connectivity index (χ0v) is 14.2. The predicted octanol–water partition coefficient (Wildman–Crippen LogP) is 3.89. The first-order valence-electron chi connectivity index (χ1n) is 8.27. The molecule has 1 aromatic heterocycles. The minimum atomic E-state index is -0.0991. The van der Waals surface area contributed by atoms with Crippen molar-refractivity contribution in [2.75, 3.05) is 23.4 Å². The average molecular weight is 330 g/mol. The molecule has 2 heterocycles. The highest BCUT2D eigenvalue weighted by Crippen LogP contribution is 2.39. The van der Waals surface area contributed by atoms with E-state index in [2.05, 4.69) is 16.8 Å². The number of rotatable bonds is 2. The molecule has 0 aliphatic carbocycles. The molecule has 2 aromatic carbocycles. The number of amides is 1. The third-order valence-electron chi connectivity index (χ3n) is 4.44. The predicted molar refractivity (Wildman–Crippen MR) is 99.3 cm³/mol. The molecular weight excluding hydrogens is 312 g/mol. The number of benzene rings is 2. The smallest absolute Gasteiger partial charge is 0.263 e. The second kappa shape index (κ2) is 6.02. The molecule has 1 amide bonds. The van der Waals surface area contributed by atoms with Crippen molar-refractivity contribution in [2.24, 2.45) is 0 Å². The van der Waals surface area contributed by atoms with Gasteiger partial charge in [-0.2, -0.15) is 0 Å². The summed E-state index contributed by atoms with van der Waals surface area (Å²) in [6.07, 6.45) is 1.64. The van der Waals surface area contributed by atoms with Gasteiger partial charge in [-0.1, -0.05) is 42.5 Å². The zero-order valence-electron chi connectivity index (χ0n) is 14.2. The molecule has 0 radical (unpaired) electrons. The minimum Gasteiger partial charge on any atom is -0.324 e. The number of fused-ring (bicyclic) bond motifs is 2. The van der Waals surface area contributed by atoms with Crippen molar-refractivity contribution in [1.29, 1.82) is 0 Å². The molecule has 4 rings (SSSR count). The molecule has 0 saturated heterocycles. The van der Waals surface area contributed by atoms with E-state index in [9.17, 15) is 4.79 Å². The van der Waals surface area contributed by atoms with Crippen molar-refractivity contribution in [3.05, 3.63) is 66.4 Å². The van der Waals surface area contributed by atoms with Gasteiger partial charge in [0.2, 0.25) is 0 Å². The highest BCUT2D eigenvalue weighted by atomic mass is 16.2. The van der Waals surface area contributed by atoms with E-state index in [1.54, 1.807) is 18.1 Å². The Balaban J connectivity index is 1.95. The van der Waals surface area contributed by atoms with Gasteiger partial charge >= 0.3 is 0 Å². The maximum atomic E-state index is 12.9. The van der Waals surface area contributed by atoms with Gasteiger partial charge in [0.25, 0.3) is 5.91 Å². The quantitative estimate of drug-likeness (QED) is 0.715. The fourth-order valence-electron chi connectivity index (χ4n) is 3.16. The van der Waals surface area contributed by atoms with Crippen molar-refractivity contribution < 1.29 is 4.79 Å². The van der Waals surface area contributed by atoms with E-state index in [0.29, 0.717) is 23.8 Å². The molecule has 0 N–H and O–H groups in total. The molecule has 0 atom stereocenters. The third kappa shape index (κ3) is 2.45. The van der Waals surface area contributed by atoms with Gasteiger partial charge in [0.1, 0.15) is 11.4 Å². The molecule has 0 saturated carbocycles. The van der Waals surface area contributed by atoms with Crippen LogP contribution in [0.1, 0.15) is 17.3 Å². The number of nitrogens with zero attached hydrogens (tertiary/aromatic N) is 4. The fraction of sp³-hybridized carbons (Fsp3) is 0.150. The van der Waals surface area contributed by atoms with E-state index in [1.807, 2.05) is 54.6 Å². The summed E-state index contributed by atoms with van der Waals surface area (Å²) < 4.78 is 0. The van der Waals surface area contributed by atoms with Gasteiger partial charge in [0, 0.05) is 25.4 Å². The Kier molecular flexibility index (Phi) is 3.69. The maximum absolute atomic E-state index is 12.9. The molecular formula is C20H18N4O. The Hall–Kier alpha value is -3.21. The van der Waals surface area contributed by atoms with E-state index in [4.69, 9.17) is 4.98 Å². The first-order chi connectivity index (χ1) is 12.2. The standard InChI is InChI=1S/C20H18N4O/c1-3-24-17-12-8-7-11-16(17)23(2)20(25)15-13-21-18(22-19(15)24)14-9-5-4-6-10-14/h4-13H,3H2,1-2H3. The van der Waals surface area contributed by atoms with Crippen LogP contribution in [0, 0.1) is 0 Å². The summed E-state index contributed by atoms with van der Waals surface area (Å²) in [5, 5.41) is 0. The second-order valence-corrected chi connectivity index (χ2v) is 5.89. The number of carbonyl (C=O) groups is 1. The Morgan fingerprint density at radius 2 is 1.64 bits per heavy atom. The van der Waals surface area contributed by atoms with Crippen LogP contribution in [0.2, 0.25) is 0 Å². The van der Waals surface area contributed by atoms with Crippen LogP contribution in [-0.4, -0.2) is 29.5 Å². The molecule has 0 unspecified atom stereocenters. The monoisotopic (exact) mass is 330 g/mol. The summed E-state index contributed by atoms with van der Waals surface area (Å²) in [5.41, 5.74) is 3.28. The second-order valence-electron chi connectivity index (χ2n) is 5.89. The number of anilines is 3. The SMILES string of the molecule is CCN1c2ccccc2N(C)C(=O)c2cnc(-c3ccccc3)nc21. The van der Waals surface area contributed by atoms with E-state index in [-0.39, 0.29) is 5.91 Å². The topological polar surface area (TPSA) is 49.3 Å². The van der Waals surface area contributed by atoms with Gasteiger partial charge in [-0.3, -0.25) is 4.79 Å². The van der Waals surface area contributed by atoms with Crippen molar-refractivity contribution in [2.45, 2.75) is 6.92 Å². The highest BCUT2D eigenvalue weighted by molar-refractivity contribution is 6.12. The first kappa shape index (κ1) is 15.3. The lowest BCUT2D eigenvalue weighted by Gasteiger charge is -2.24. The van der Waals surface area contributed by atoms with Crippen LogP contribution in [0.15, 0.2) is 60.8 Å². The fourth-order valence-corrected chi connectivity index (χ4v) is 3.16. The number of para-hydroxylation sites is 2. The number of hydrogen-bond acceptors (Lipinski definition) is 4. The van der Waals surface area contributed by atoms with Gasteiger partial charge in [0.15, 0.2) is 5.82 Å². The zero-order chi connectivity index (χ0) is 17.4. The van der Waals surface area contributed by atoms with Crippen molar-refractivity contribution in [3.8, 4) is 11.4 Å². The molecule has 5 heteroatoms. The van der Waals surface area contributed by atoms with Crippen LogP contribution in [0.5, 0.6) is 0 Å². The molecule has 0 bridgehead atoms. The van der Waals surface area contributed by atoms with Crippen LogP contribution in [-0.2, 0) is 0 Å². The van der Waals surface area contributed by atoms with Crippen LogP contribution in [0.25, 0.3) is 11.4 Å². The summed E-state index contributed by atoms with van der Waals surface area (Å²) in [4.78, 5) is 25.8. The summed E-state index contributed by atoms with van der Waals surface area (Å²) >= 11 is 0. The molecule has 3 aromatic rings. The normalized spacial score (nSPS) is 13.3. The highest BCUT2D eigenvalue weighted by Gasteiger charge is 2.30. The van der Waals surface area contributed by atoms with Gasteiger partial charge < -0.3 is 9.80 Å². The molecule has 1 aliphatic heterocycles. The molecule has 124 valence electrons. The number of carbonyl (C=O) groups excluding carboxylic acids is 1. The van der Waals surface area contributed by atoms with Crippen molar-refractivity contribution >= 4 is 23.1 Å². The first-order valence-corrected chi connectivity index (χ1v) is 8.27. The van der Waals surface area contributed by atoms with Gasteiger partial charge in [0.05, 0.1) is 11.4 Å². The van der Waals surface area contributed by atoms with Crippen molar-refractivity contribution in [1.82, 2.24) is 9.97 Å². The van der Waals surface area contributed by atoms with Gasteiger partial charge in [-0.25, -0.2) is 9.97 Å². The van der Waals surface area contributed by atoms with Crippen molar-refractivity contribution in [3.63, 3.8) is 0 Å². The van der Waals surface area contributed by atoms with Crippen LogP contribution in [0.3, 0.4) is 0 Å². The lowest BCUT2D eigenvalue weighted by Crippen LogP contribution is -2.25. The average Bonchev–Trinajstić information content (AvgIpc) is 2.76. The molecule has 5 nitrogen and oxygen atoms in total. The lowest BCUT2D eigenvalue weighted by atomic mass is 10.2. The number of aromatic nitrogens is 2. The molecule has 0 fully saturated rings. The van der Waals surface area contributed by atoms with Gasteiger partial charge in [-0.15, -0.1) is 0 Å². The summed E-state index contributed by atoms with van der Waals surface area (Å²) in [6.45, 7) is 2.76. The molecule has 0 spiro atoms. The van der Waals surface area contributed by atoms with E-state index in [0.717, 1.165) is 16.9 Å². The van der Waals surface area contributed by atoms with Crippen LogP contribution < -0.4 is 9.80 Å². The van der Waals surface area contributed by atoms with E-state index < -0.39 is 0 Å². The lowest BCUT2D eigenvalue weighted by molar-refractivity contribution is 0.0993. The van der Waals surface area contributed by atoms with Crippen LogP contribution >= 0.6 is 0 Å². The Labute approximate surface area is 146 Å². The third-order valence-corrected chi connectivity index (χ3v) is 4.44. The Bertz CT molecular complexity index is 939. The van der Waals surface area contributed by atoms with E-state index in [1.165, 1.54) is 0 Å². The summed E-state index contributed by atoms with van der Waals surface area (Å²) in [6, 6.07) is 17.7. The summed E-state index contributed by atoms with van der Waals surface area (Å²) in [7, 11) is 1.79. The Morgan fingerprint density at radius 3 is 2.36 bits per heavy atom. The van der Waals surface area contributed by atoms with E-state index >= 15 is 0 Å². The molecule has 1 aliphatic rings. The largest absolute Gasteiger partial charge is 0.324 e.